The average molecular weight is 727 g/mol. The van der Waals surface area contributed by atoms with Crippen LogP contribution >= 0.6 is 0 Å². The van der Waals surface area contributed by atoms with Crippen molar-refractivity contribution in [3.63, 3.8) is 0 Å². The molecule has 0 spiro atoms. The zero-order chi connectivity index (χ0) is 37.7. The van der Waals surface area contributed by atoms with Gasteiger partial charge in [0.25, 0.3) is 0 Å². The Kier molecular flexibility index (Phi) is 19.1. The number of hydrogen-bond donors (Lipinski definition) is 4. The van der Waals surface area contributed by atoms with Crippen LogP contribution in [0.4, 0.5) is 5.69 Å². The predicted molar refractivity (Wildman–Crippen MR) is 200 cm³/mol. The summed E-state index contributed by atoms with van der Waals surface area (Å²) in [7, 11) is 0. The van der Waals surface area contributed by atoms with E-state index in [0.717, 1.165) is 11.1 Å². The lowest BCUT2D eigenvalue weighted by Gasteiger charge is -2.33. The highest BCUT2D eigenvalue weighted by molar-refractivity contribution is 6.01. The summed E-state index contributed by atoms with van der Waals surface area (Å²) >= 11 is 0. The summed E-state index contributed by atoms with van der Waals surface area (Å²) in [5.74, 6) is 6.30. The van der Waals surface area contributed by atoms with Crippen molar-refractivity contribution < 1.29 is 38.1 Å². The summed E-state index contributed by atoms with van der Waals surface area (Å²) in [5, 5.41) is 7.23. The topological polar surface area (TPSA) is 180 Å². The number of nitrogens with zero attached hydrogens (tertiary/aromatic N) is 2. The molecule has 1 aliphatic heterocycles. The third-order valence-corrected chi connectivity index (χ3v) is 7.98. The molecule has 14 nitrogen and oxygen atoms in total. The number of para-hydroxylation sites is 1. The van der Waals surface area contributed by atoms with Crippen molar-refractivity contribution in [1.29, 1.82) is 0 Å². The molecule has 3 amide bonds. The van der Waals surface area contributed by atoms with Gasteiger partial charge in [-0.25, -0.2) is 5.84 Å². The number of amides is 3. The second-order valence-electron chi connectivity index (χ2n) is 12.8. The zero-order valence-electron chi connectivity index (χ0n) is 31.2. The Morgan fingerprint density at radius 2 is 1.29 bits per heavy atom. The third-order valence-electron chi connectivity index (χ3n) is 7.98. The summed E-state index contributed by atoms with van der Waals surface area (Å²) in [6, 6.07) is 15.2. The lowest BCUT2D eigenvalue weighted by molar-refractivity contribution is -0.125. The second kappa shape index (κ2) is 23.5. The lowest BCUT2D eigenvalue weighted by atomic mass is 9.95. The van der Waals surface area contributed by atoms with Gasteiger partial charge < -0.3 is 50.0 Å². The van der Waals surface area contributed by atoms with E-state index < -0.39 is 0 Å². The Bertz CT molecular complexity index is 1440. The van der Waals surface area contributed by atoms with Crippen molar-refractivity contribution in [2.24, 2.45) is 17.5 Å². The fourth-order valence-electron chi connectivity index (χ4n) is 5.34. The molecule has 52 heavy (non-hydrogen) atoms. The van der Waals surface area contributed by atoms with Crippen LogP contribution in [-0.2, 0) is 44.6 Å². The molecule has 0 saturated carbocycles. The number of nitrogens with two attached hydrogens (primary N) is 2. The minimum atomic E-state index is -0.169. The van der Waals surface area contributed by atoms with Crippen molar-refractivity contribution in [2.45, 2.75) is 53.1 Å². The van der Waals surface area contributed by atoms with Crippen LogP contribution in [0, 0.1) is 5.92 Å². The number of carbonyl (C=O) groups excluding carboxylic acids is 3. The fourth-order valence-corrected chi connectivity index (χ4v) is 5.34. The van der Waals surface area contributed by atoms with Gasteiger partial charge in [0.2, 0.25) is 17.7 Å². The van der Waals surface area contributed by atoms with Crippen LogP contribution in [0.2, 0.25) is 0 Å². The van der Waals surface area contributed by atoms with Crippen LogP contribution in [0.5, 0.6) is 0 Å². The van der Waals surface area contributed by atoms with Gasteiger partial charge in [0.05, 0.1) is 96.2 Å². The van der Waals surface area contributed by atoms with Gasteiger partial charge in [-0.15, -0.1) is 0 Å². The Balaban J connectivity index is 1.39. The van der Waals surface area contributed by atoms with Crippen LogP contribution < -0.4 is 27.1 Å². The molecule has 3 rings (SSSR count). The molecule has 0 unspecified atom stereocenters. The molecule has 14 heteroatoms. The highest BCUT2D eigenvalue weighted by atomic mass is 16.6. The van der Waals surface area contributed by atoms with Gasteiger partial charge >= 0.3 is 0 Å². The van der Waals surface area contributed by atoms with Crippen molar-refractivity contribution in [2.75, 3.05) is 84.1 Å². The van der Waals surface area contributed by atoms with E-state index in [1.165, 1.54) is 0 Å². The summed E-state index contributed by atoms with van der Waals surface area (Å²) in [5.41, 5.74) is 11.0. The number of rotatable bonds is 24. The number of benzene rings is 2. The Morgan fingerprint density at radius 1 is 0.750 bits per heavy atom. The Morgan fingerprint density at radius 3 is 1.88 bits per heavy atom. The number of hydrazine groups is 1. The van der Waals surface area contributed by atoms with E-state index in [2.05, 4.69) is 10.6 Å². The van der Waals surface area contributed by atoms with E-state index in [0.29, 0.717) is 108 Å². The first-order valence-electron chi connectivity index (χ1n) is 18.1. The molecule has 2 aromatic carbocycles. The molecular weight excluding hydrogens is 668 g/mol. The van der Waals surface area contributed by atoms with Gasteiger partial charge in [0.1, 0.15) is 0 Å². The molecule has 6 N–H and O–H groups in total. The van der Waals surface area contributed by atoms with E-state index in [4.69, 9.17) is 35.3 Å². The van der Waals surface area contributed by atoms with Crippen molar-refractivity contribution >= 4 is 34.8 Å². The van der Waals surface area contributed by atoms with Gasteiger partial charge in [-0.3, -0.25) is 14.4 Å². The number of hydrogen-bond acceptors (Lipinski definition) is 11. The monoisotopic (exact) mass is 726 g/mol. The first kappa shape index (κ1) is 42.4. The SMILES string of the molecule is CC(C)NC(=O)CCC(=O)N1Cc2ccccc2/C(N(N)CCOCCOCCOCCOCCOCCNC(=O)C(C)C)=C(/N)c2ccccc21. The van der Waals surface area contributed by atoms with Crippen molar-refractivity contribution in [1.82, 2.24) is 15.6 Å². The first-order chi connectivity index (χ1) is 25.1. The minimum Gasteiger partial charge on any atom is -0.396 e. The number of nitrogens with one attached hydrogen (secondary N) is 2. The van der Waals surface area contributed by atoms with Crippen LogP contribution in [0.15, 0.2) is 48.5 Å². The Labute approximate surface area is 308 Å². The third kappa shape index (κ3) is 14.5. The van der Waals surface area contributed by atoms with Crippen molar-refractivity contribution in [3.05, 3.63) is 65.2 Å². The van der Waals surface area contributed by atoms with E-state index in [9.17, 15) is 14.4 Å². The van der Waals surface area contributed by atoms with Gasteiger partial charge in [-0.2, -0.15) is 0 Å². The van der Waals surface area contributed by atoms with E-state index in [1.54, 1.807) is 9.91 Å². The van der Waals surface area contributed by atoms with Crippen LogP contribution in [0.1, 0.15) is 57.2 Å². The number of anilines is 1. The molecule has 0 aliphatic carbocycles. The zero-order valence-corrected chi connectivity index (χ0v) is 31.2. The lowest BCUT2D eigenvalue weighted by Crippen LogP contribution is -2.38. The van der Waals surface area contributed by atoms with Gasteiger partial charge in [-0.1, -0.05) is 56.3 Å². The van der Waals surface area contributed by atoms with Gasteiger partial charge in [0, 0.05) is 42.5 Å². The number of ether oxygens (including phenoxy) is 5. The molecule has 0 aromatic heterocycles. The largest absolute Gasteiger partial charge is 0.396 e. The standard InChI is InChI=1S/C38H58N6O8/c1-28(2)38(47)41-15-17-48-19-21-50-23-25-52-26-24-51-22-20-49-18-16-44(40)37-31-10-6-5-9-30(31)27-43(33-12-8-7-11-32(33)36(37)39)35(46)14-13-34(45)42-29(3)4/h5-12,28-29H,13-27,39-40H2,1-4H3,(H,41,47)(H,42,45)/b37-36-. The second-order valence-corrected chi connectivity index (χ2v) is 12.8. The molecular formula is C38H58N6O8. The molecule has 0 radical (unpaired) electrons. The summed E-state index contributed by atoms with van der Waals surface area (Å²) in [6.07, 6.45) is 0.165. The number of carbonyl (C=O) groups is 3. The molecule has 288 valence electrons. The highest BCUT2D eigenvalue weighted by Gasteiger charge is 2.28. The average Bonchev–Trinajstić information content (AvgIpc) is 3.12. The van der Waals surface area contributed by atoms with Crippen LogP contribution in [-0.4, -0.2) is 108 Å². The maximum atomic E-state index is 13.6. The molecule has 0 bridgehead atoms. The molecule has 1 aliphatic rings. The van der Waals surface area contributed by atoms with Gasteiger partial charge in [0.15, 0.2) is 0 Å². The fraction of sp³-hybridized carbons (Fsp3) is 0.553. The van der Waals surface area contributed by atoms with Crippen LogP contribution in [0.3, 0.4) is 0 Å². The summed E-state index contributed by atoms with van der Waals surface area (Å²) in [4.78, 5) is 39.0. The normalized spacial score (nSPS) is 14.1. The minimum absolute atomic E-state index is 0.00234. The molecule has 2 aromatic rings. The number of fused-ring (bicyclic) bond motifs is 2. The Hall–Kier alpha value is -4.05. The summed E-state index contributed by atoms with van der Waals surface area (Å²) in [6.45, 7) is 12.9. The smallest absolute Gasteiger partial charge is 0.227 e. The van der Waals surface area contributed by atoms with Gasteiger partial charge in [-0.05, 0) is 25.5 Å². The van der Waals surface area contributed by atoms with Crippen molar-refractivity contribution in [3.8, 4) is 0 Å². The summed E-state index contributed by atoms with van der Waals surface area (Å²) < 4.78 is 27.9. The van der Waals surface area contributed by atoms with E-state index >= 15 is 0 Å². The highest BCUT2D eigenvalue weighted by Crippen LogP contribution is 2.36. The molecule has 1 heterocycles. The maximum absolute atomic E-state index is 13.6. The predicted octanol–water partition coefficient (Wildman–Crippen LogP) is 2.65. The van der Waals surface area contributed by atoms with E-state index in [-0.39, 0.29) is 42.5 Å². The molecule has 0 fully saturated rings. The molecule has 0 saturated heterocycles. The quantitative estimate of drug-likeness (QED) is 0.0710. The molecule has 0 atom stereocenters. The van der Waals surface area contributed by atoms with Crippen LogP contribution in [0.25, 0.3) is 11.4 Å². The van der Waals surface area contributed by atoms with E-state index in [1.807, 2.05) is 76.2 Å². The first-order valence-corrected chi connectivity index (χ1v) is 18.1. The maximum Gasteiger partial charge on any atom is 0.227 e.